The highest BCUT2D eigenvalue weighted by Crippen LogP contribution is 2.23. The summed E-state index contributed by atoms with van der Waals surface area (Å²) in [6, 6.07) is 11.4. The van der Waals surface area contributed by atoms with Crippen molar-refractivity contribution in [2.75, 3.05) is 18.5 Å². The number of anilines is 1. The highest BCUT2D eigenvalue weighted by Gasteiger charge is 2.17. The Labute approximate surface area is 151 Å². The van der Waals surface area contributed by atoms with Crippen molar-refractivity contribution in [3.63, 3.8) is 0 Å². The van der Waals surface area contributed by atoms with Crippen molar-refractivity contribution in [1.29, 1.82) is 0 Å². The van der Waals surface area contributed by atoms with E-state index in [9.17, 15) is 14.9 Å². The number of nitro groups is 1. The van der Waals surface area contributed by atoms with E-state index < -0.39 is 4.92 Å². The van der Waals surface area contributed by atoms with E-state index in [1.807, 2.05) is 0 Å². The van der Waals surface area contributed by atoms with E-state index in [4.69, 9.17) is 9.47 Å². The van der Waals surface area contributed by atoms with Gasteiger partial charge in [-0.3, -0.25) is 14.9 Å². The van der Waals surface area contributed by atoms with Gasteiger partial charge in [-0.15, -0.1) is 0 Å². The number of hydrogen-bond acceptors (Lipinski definition) is 5. The summed E-state index contributed by atoms with van der Waals surface area (Å²) in [5.41, 5.74) is 1.30. The van der Waals surface area contributed by atoms with Crippen molar-refractivity contribution in [3.05, 3.63) is 63.7 Å². The van der Waals surface area contributed by atoms with Gasteiger partial charge in [-0.25, -0.2) is 0 Å². The fourth-order valence-electron chi connectivity index (χ4n) is 2.78. The summed E-state index contributed by atoms with van der Waals surface area (Å²) >= 11 is 0. The van der Waals surface area contributed by atoms with Gasteiger partial charge in [0.05, 0.1) is 11.0 Å². The van der Waals surface area contributed by atoms with Gasteiger partial charge in [0, 0.05) is 29.5 Å². The van der Waals surface area contributed by atoms with Gasteiger partial charge in [0.1, 0.15) is 12.4 Å². The Kier molecular flexibility index (Phi) is 5.48. The Balaban J connectivity index is 1.67. The number of carbonyl (C=O) groups is 1. The van der Waals surface area contributed by atoms with Crippen LogP contribution in [0.1, 0.15) is 28.8 Å². The SMILES string of the molecule is Cc1ccc(NC(=O)c2cccc(OCC3CCCO3)c2)cc1[N+](=O)[O-]. The zero-order valence-corrected chi connectivity index (χ0v) is 14.4. The van der Waals surface area contributed by atoms with E-state index in [1.54, 1.807) is 43.3 Å². The molecule has 0 bridgehead atoms. The van der Waals surface area contributed by atoms with Gasteiger partial charge in [0.25, 0.3) is 11.6 Å². The molecule has 7 heteroatoms. The fourth-order valence-corrected chi connectivity index (χ4v) is 2.78. The molecule has 1 heterocycles. The van der Waals surface area contributed by atoms with Crippen molar-refractivity contribution in [2.24, 2.45) is 0 Å². The number of hydrogen-bond donors (Lipinski definition) is 1. The van der Waals surface area contributed by atoms with E-state index >= 15 is 0 Å². The van der Waals surface area contributed by atoms with Gasteiger partial charge >= 0.3 is 0 Å². The third kappa shape index (κ3) is 4.37. The van der Waals surface area contributed by atoms with Crippen molar-refractivity contribution < 1.29 is 19.2 Å². The summed E-state index contributed by atoms with van der Waals surface area (Å²) < 4.78 is 11.2. The molecule has 2 aromatic carbocycles. The predicted octanol–water partition coefficient (Wildman–Crippen LogP) is 3.71. The lowest BCUT2D eigenvalue weighted by Crippen LogP contribution is -2.17. The molecule has 1 amide bonds. The number of benzene rings is 2. The second-order valence-electron chi connectivity index (χ2n) is 6.19. The molecule has 1 aliphatic heterocycles. The smallest absolute Gasteiger partial charge is 0.274 e. The van der Waals surface area contributed by atoms with Crippen LogP contribution in [0.3, 0.4) is 0 Å². The molecule has 136 valence electrons. The number of rotatable bonds is 6. The van der Waals surface area contributed by atoms with E-state index in [2.05, 4.69) is 5.32 Å². The van der Waals surface area contributed by atoms with E-state index in [0.717, 1.165) is 19.4 Å². The molecule has 0 spiro atoms. The Hall–Kier alpha value is -2.93. The first-order chi connectivity index (χ1) is 12.5. The van der Waals surface area contributed by atoms with Crippen LogP contribution in [0.4, 0.5) is 11.4 Å². The van der Waals surface area contributed by atoms with Gasteiger partial charge in [-0.1, -0.05) is 12.1 Å². The maximum Gasteiger partial charge on any atom is 0.274 e. The third-order valence-electron chi connectivity index (χ3n) is 4.22. The molecule has 0 aliphatic carbocycles. The molecule has 1 aliphatic rings. The Bertz CT molecular complexity index is 815. The Morgan fingerprint density at radius 2 is 2.19 bits per heavy atom. The number of carbonyl (C=O) groups excluding carboxylic acids is 1. The summed E-state index contributed by atoms with van der Waals surface area (Å²) in [5, 5.41) is 13.7. The minimum atomic E-state index is -0.468. The quantitative estimate of drug-likeness (QED) is 0.629. The summed E-state index contributed by atoms with van der Waals surface area (Å²) in [7, 11) is 0. The molecule has 7 nitrogen and oxygen atoms in total. The first-order valence-electron chi connectivity index (χ1n) is 8.44. The van der Waals surface area contributed by atoms with Crippen LogP contribution in [0.2, 0.25) is 0 Å². The number of nitro benzene ring substituents is 1. The first kappa shape index (κ1) is 17.9. The predicted molar refractivity (Wildman–Crippen MR) is 96.7 cm³/mol. The van der Waals surface area contributed by atoms with E-state index in [-0.39, 0.29) is 17.7 Å². The molecule has 1 N–H and O–H groups in total. The number of nitrogens with one attached hydrogen (secondary N) is 1. The van der Waals surface area contributed by atoms with Gasteiger partial charge < -0.3 is 14.8 Å². The van der Waals surface area contributed by atoms with Gasteiger partial charge in [0.2, 0.25) is 0 Å². The largest absolute Gasteiger partial charge is 0.491 e. The second kappa shape index (κ2) is 7.97. The fraction of sp³-hybridized carbons (Fsp3) is 0.316. The summed E-state index contributed by atoms with van der Waals surface area (Å²) in [6.45, 7) is 2.87. The summed E-state index contributed by atoms with van der Waals surface area (Å²) in [5.74, 6) is 0.230. The standard InChI is InChI=1S/C19H20N2O5/c1-13-7-8-15(11-18(13)21(23)24)20-19(22)14-4-2-5-16(10-14)26-12-17-6-3-9-25-17/h2,4-5,7-8,10-11,17H,3,6,9,12H2,1H3,(H,20,22). The van der Waals surface area contributed by atoms with Gasteiger partial charge in [0.15, 0.2) is 0 Å². The molecule has 3 rings (SSSR count). The normalized spacial score (nSPS) is 16.3. The van der Waals surface area contributed by atoms with Crippen LogP contribution in [0.25, 0.3) is 0 Å². The molecule has 2 aromatic rings. The molecule has 0 saturated carbocycles. The van der Waals surface area contributed by atoms with E-state index in [0.29, 0.717) is 29.2 Å². The monoisotopic (exact) mass is 356 g/mol. The summed E-state index contributed by atoms with van der Waals surface area (Å²) in [4.78, 5) is 23.0. The van der Waals surface area contributed by atoms with Crippen molar-refractivity contribution in [1.82, 2.24) is 0 Å². The number of amides is 1. The lowest BCUT2D eigenvalue weighted by Gasteiger charge is -2.12. The van der Waals surface area contributed by atoms with Crippen LogP contribution in [0, 0.1) is 17.0 Å². The van der Waals surface area contributed by atoms with E-state index in [1.165, 1.54) is 6.07 Å². The molecule has 26 heavy (non-hydrogen) atoms. The molecule has 1 atom stereocenters. The van der Waals surface area contributed by atoms with Crippen LogP contribution in [-0.2, 0) is 4.74 Å². The zero-order chi connectivity index (χ0) is 18.5. The number of ether oxygens (including phenoxy) is 2. The average Bonchev–Trinajstić information content (AvgIpc) is 3.15. The van der Waals surface area contributed by atoms with Crippen LogP contribution < -0.4 is 10.1 Å². The Morgan fingerprint density at radius 1 is 1.35 bits per heavy atom. The highest BCUT2D eigenvalue weighted by atomic mass is 16.6. The van der Waals surface area contributed by atoms with Crippen molar-refractivity contribution in [2.45, 2.75) is 25.9 Å². The number of nitrogens with zero attached hydrogens (tertiary/aromatic N) is 1. The topological polar surface area (TPSA) is 90.7 Å². The molecule has 0 aromatic heterocycles. The van der Waals surface area contributed by atoms with Crippen LogP contribution in [0.5, 0.6) is 5.75 Å². The van der Waals surface area contributed by atoms with Gasteiger partial charge in [-0.05, 0) is 44.0 Å². The Morgan fingerprint density at radius 3 is 2.92 bits per heavy atom. The zero-order valence-electron chi connectivity index (χ0n) is 14.4. The lowest BCUT2D eigenvalue weighted by atomic mass is 10.1. The van der Waals surface area contributed by atoms with Crippen molar-refractivity contribution >= 4 is 17.3 Å². The second-order valence-corrected chi connectivity index (χ2v) is 6.19. The lowest BCUT2D eigenvalue weighted by molar-refractivity contribution is -0.385. The van der Waals surface area contributed by atoms with Crippen LogP contribution >= 0.6 is 0 Å². The van der Waals surface area contributed by atoms with Crippen molar-refractivity contribution in [3.8, 4) is 5.75 Å². The minimum absolute atomic E-state index is 0.0311. The molecule has 1 saturated heterocycles. The van der Waals surface area contributed by atoms with Crippen LogP contribution in [-0.4, -0.2) is 30.1 Å². The molecule has 1 unspecified atom stereocenters. The number of aryl methyl sites for hydroxylation is 1. The summed E-state index contributed by atoms with van der Waals surface area (Å²) in [6.07, 6.45) is 2.12. The molecular weight excluding hydrogens is 336 g/mol. The highest BCUT2D eigenvalue weighted by molar-refractivity contribution is 6.04. The molecular formula is C19H20N2O5. The maximum atomic E-state index is 12.4. The van der Waals surface area contributed by atoms with Crippen LogP contribution in [0.15, 0.2) is 42.5 Å². The maximum absolute atomic E-state index is 12.4. The average molecular weight is 356 g/mol. The first-order valence-corrected chi connectivity index (χ1v) is 8.44. The van der Waals surface area contributed by atoms with Gasteiger partial charge in [-0.2, -0.15) is 0 Å². The minimum Gasteiger partial charge on any atom is -0.491 e. The third-order valence-corrected chi connectivity index (χ3v) is 4.22. The molecule has 1 fully saturated rings. The molecule has 0 radical (unpaired) electrons.